The van der Waals surface area contributed by atoms with Crippen LogP contribution in [0, 0.1) is 0 Å². The fourth-order valence-electron chi connectivity index (χ4n) is 3.07. The number of piperazine rings is 1. The van der Waals surface area contributed by atoms with Gasteiger partial charge in [-0.15, -0.1) is 0 Å². The highest BCUT2D eigenvalue weighted by atomic mass is 16.5. The van der Waals surface area contributed by atoms with E-state index in [1.54, 1.807) is 14.2 Å². The predicted molar refractivity (Wildman–Crippen MR) is 111 cm³/mol. The Morgan fingerprint density at radius 3 is 2.33 bits per heavy atom. The highest BCUT2D eigenvalue weighted by molar-refractivity contribution is 5.79. The summed E-state index contributed by atoms with van der Waals surface area (Å²) in [5.74, 6) is 2.29. The Morgan fingerprint density at radius 1 is 1.07 bits per heavy atom. The number of guanidine groups is 1. The predicted octanol–water partition coefficient (Wildman–Crippen LogP) is 1.26. The van der Waals surface area contributed by atoms with Gasteiger partial charge in [0.1, 0.15) is 6.10 Å². The molecule has 2 rings (SSSR count). The molecule has 1 aliphatic rings. The Bertz CT molecular complexity index is 587. The summed E-state index contributed by atoms with van der Waals surface area (Å²) in [5.41, 5.74) is 0. The summed E-state index contributed by atoms with van der Waals surface area (Å²) < 4.78 is 11.3. The zero-order valence-corrected chi connectivity index (χ0v) is 17.4. The van der Waals surface area contributed by atoms with Crippen LogP contribution < -0.4 is 20.1 Å². The van der Waals surface area contributed by atoms with Crippen LogP contribution in [-0.2, 0) is 0 Å². The highest BCUT2D eigenvalue weighted by Gasteiger charge is 2.19. The van der Waals surface area contributed by atoms with E-state index in [1.165, 1.54) is 0 Å². The van der Waals surface area contributed by atoms with Crippen LogP contribution in [0.4, 0.5) is 0 Å². The lowest BCUT2D eigenvalue weighted by Crippen LogP contribution is -2.52. The van der Waals surface area contributed by atoms with Crippen molar-refractivity contribution in [3.63, 3.8) is 0 Å². The molecule has 152 valence electrons. The third-order valence-corrected chi connectivity index (χ3v) is 4.90. The molecule has 7 nitrogen and oxygen atoms in total. The number of para-hydroxylation sites is 2. The van der Waals surface area contributed by atoms with Crippen LogP contribution in [-0.4, -0.2) is 88.4 Å². The largest absolute Gasteiger partial charge is 0.493 e. The molecule has 2 unspecified atom stereocenters. The number of hydrogen-bond acceptors (Lipinski definition) is 5. The SMILES string of the molecule is CN=C(NCC(C)Oc1ccccc1OC)NCC(C)N1CCN(C)CC1. The summed E-state index contributed by atoms with van der Waals surface area (Å²) in [5, 5.41) is 6.76. The van der Waals surface area contributed by atoms with Crippen LogP contribution in [0.25, 0.3) is 0 Å². The average Bonchev–Trinajstić information content (AvgIpc) is 2.68. The monoisotopic (exact) mass is 377 g/mol. The summed E-state index contributed by atoms with van der Waals surface area (Å²) in [6.07, 6.45) is -0.0186. The van der Waals surface area contributed by atoms with Crippen molar-refractivity contribution in [3.05, 3.63) is 24.3 Å². The summed E-state index contributed by atoms with van der Waals surface area (Å²) in [7, 11) is 5.63. The number of likely N-dealkylation sites (N-methyl/N-ethyl adjacent to an activating group) is 1. The second-order valence-corrected chi connectivity index (χ2v) is 7.10. The van der Waals surface area contributed by atoms with Crippen molar-refractivity contribution >= 4 is 5.96 Å². The van der Waals surface area contributed by atoms with E-state index in [1.807, 2.05) is 31.2 Å². The zero-order chi connectivity index (χ0) is 19.6. The highest BCUT2D eigenvalue weighted by Crippen LogP contribution is 2.26. The first-order valence-corrected chi connectivity index (χ1v) is 9.70. The molecule has 1 aliphatic heterocycles. The Labute approximate surface area is 163 Å². The average molecular weight is 378 g/mol. The van der Waals surface area contributed by atoms with Gasteiger partial charge >= 0.3 is 0 Å². The zero-order valence-electron chi connectivity index (χ0n) is 17.4. The molecule has 2 atom stereocenters. The van der Waals surface area contributed by atoms with Crippen molar-refractivity contribution in [1.29, 1.82) is 0 Å². The Kier molecular flexibility index (Phi) is 8.67. The Morgan fingerprint density at radius 2 is 1.70 bits per heavy atom. The second kappa shape index (κ2) is 11.0. The molecule has 1 aromatic carbocycles. The van der Waals surface area contributed by atoms with Crippen molar-refractivity contribution < 1.29 is 9.47 Å². The van der Waals surface area contributed by atoms with Gasteiger partial charge in [0.05, 0.1) is 13.7 Å². The molecule has 1 fully saturated rings. The number of nitrogens with zero attached hydrogens (tertiary/aromatic N) is 3. The standard InChI is InChI=1S/C20H35N5O2/c1-16(25-12-10-24(4)11-13-25)14-22-20(21-3)23-15-17(2)27-19-9-7-6-8-18(19)26-5/h6-9,16-17H,10-15H2,1-5H3,(H2,21,22,23). The quantitative estimate of drug-likeness (QED) is 0.525. The van der Waals surface area contributed by atoms with Crippen LogP contribution >= 0.6 is 0 Å². The molecule has 0 bridgehead atoms. The first-order chi connectivity index (χ1) is 13.0. The normalized spacial score (nSPS) is 18.6. The molecule has 0 amide bonds. The van der Waals surface area contributed by atoms with E-state index in [4.69, 9.17) is 9.47 Å². The molecular weight excluding hydrogens is 342 g/mol. The lowest BCUT2D eigenvalue weighted by molar-refractivity contribution is 0.120. The topological polar surface area (TPSA) is 61.4 Å². The lowest BCUT2D eigenvalue weighted by atomic mass is 10.2. The molecule has 1 saturated heterocycles. The fourth-order valence-corrected chi connectivity index (χ4v) is 3.07. The van der Waals surface area contributed by atoms with Gasteiger partial charge in [0.2, 0.25) is 0 Å². The molecular formula is C20H35N5O2. The number of hydrogen-bond donors (Lipinski definition) is 2. The third kappa shape index (κ3) is 6.92. The summed E-state index contributed by atoms with van der Waals surface area (Å²) in [6, 6.07) is 8.16. The molecule has 0 radical (unpaired) electrons. The second-order valence-electron chi connectivity index (χ2n) is 7.10. The Hall–Kier alpha value is -1.99. The van der Waals surface area contributed by atoms with E-state index in [0.29, 0.717) is 12.6 Å². The molecule has 0 aromatic heterocycles. The molecule has 27 heavy (non-hydrogen) atoms. The van der Waals surface area contributed by atoms with E-state index < -0.39 is 0 Å². The number of nitrogens with one attached hydrogen (secondary N) is 2. The van der Waals surface area contributed by atoms with E-state index in [9.17, 15) is 0 Å². The maximum absolute atomic E-state index is 5.98. The summed E-state index contributed by atoms with van der Waals surface area (Å²) in [6.45, 7) is 10.3. The Balaban J connectivity index is 1.73. The van der Waals surface area contributed by atoms with Gasteiger partial charge in [0.25, 0.3) is 0 Å². The molecule has 0 spiro atoms. The van der Waals surface area contributed by atoms with Crippen LogP contribution in [0.5, 0.6) is 11.5 Å². The lowest BCUT2D eigenvalue weighted by Gasteiger charge is -2.36. The van der Waals surface area contributed by atoms with E-state index in [0.717, 1.165) is 50.2 Å². The summed E-state index contributed by atoms with van der Waals surface area (Å²) in [4.78, 5) is 9.21. The fraction of sp³-hybridized carbons (Fsp3) is 0.650. The maximum atomic E-state index is 5.98. The van der Waals surface area contributed by atoms with Crippen molar-refractivity contribution in [2.75, 3.05) is 60.5 Å². The van der Waals surface area contributed by atoms with E-state index in [2.05, 4.69) is 39.4 Å². The van der Waals surface area contributed by atoms with Gasteiger partial charge < -0.3 is 25.0 Å². The van der Waals surface area contributed by atoms with Crippen LogP contribution in [0.15, 0.2) is 29.3 Å². The van der Waals surface area contributed by atoms with Crippen LogP contribution in [0.3, 0.4) is 0 Å². The number of aliphatic imine (C=N–C) groups is 1. The smallest absolute Gasteiger partial charge is 0.191 e. The third-order valence-electron chi connectivity index (χ3n) is 4.90. The molecule has 0 aliphatic carbocycles. The molecule has 2 N–H and O–H groups in total. The first-order valence-electron chi connectivity index (χ1n) is 9.70. The minimum absolute atomic E-state index is 0.0186. The maximum Gasteiger partial charge on any atom is 0.191 e. The van der Waals surface area contributed by atoms with Gasteiger partial charge in [-0.05, 0) is 33.0 Å². The van der Waals surface area contributed by atoms with Crippen LogP contribution in [0.1, 0.15) is 13.8 Å². The number of ether oxygens (including phenoxy) is 2. The van der Waals surface area contributed by atoms with Crippen molar-refractivity contribution in [2.45, 2.75) is 26.0 Å². The summed E-state index contributed by atoms with van der Waals surface area (Å²) >= 11 is 0. The van der Waals surface area contributed by atoms with E-state index in [-0.39, 0.29) is 6.10 Å². The number of rotatable bonds is 8. The molecule has 1 heterocycles. The minimum atomic E-state index is -0.0186. The van der Waals surface area contributed by atoms with Crippen molar-refractivity contribution in [3.8, 4) is 11.5 Å². The number of benzene rings is 1. The molecule has 7 heteroatoms. The number of methoxy groups -OCH3 is 1. The van der Waals surface area contributed by atoms with Gasteiger partial charge in [-0.2, -0.15) is 0 Å². The van der Waals surface area contributed by atoms with Crippen LogP contribution in [0.2, 0.25) is 0 Å². The first kappa shape index (κ1) is 21.3. The van der Waals surface area contributed by atoms with E-state index >= 15 is 0 Å². The van der Waals surface area contributed by atoms with Crippen molar-refractivity contribution in [1.82, 2.24) is 20.4 Å². The van der Waals surface area contributed by atoms with Crippen molar-refractivity contribution in [2.24, 2.45) is 4.99 Å². The minimum Gasteiger partial charge on any atom is -0.493 e. The van der Waals surface area contributed by atoms with Gasteiger partial charge in [0, 0.05) is 45.8 Å². The van der Waals surface area contributed by atoms with Gasteiger partial charge in [-0.3, -0.25) is 9.89 Å². The molecule has 0 saturated carbocycles. The molecule has 1 aromatic rings. The van der Waals surface area contributed by atoms with Gasteiger partial charge in [-0.1, -0.05) is 12.1 Å². The van der Waals surface area contributed by atoms with Gasteiger partial charge in [0.15, 0.2) is 17.5 Å². The van der Waals surface area contributed by atoms with Gasteiger partial charge in [-0.25, -0.2) is 0 Å².